The fourth-order valence-electron chi connectivity index (χ4n) is 2.61. The van der Waals surface area contributed by atoms with Gasteiger partial charge in [-0.25, -0.2) is 4.79 Å². The Bertz CT molecular complexity index is 240. The Morgan fingerprint density at radius 2 is 2.50 bits per heavy atom. The lowest BCUT2D eigenvalue weighted by molar-refractivity contribution is 0.0476. The van der Waals surface area contributed by atoms with Gasteiger partial charge in [0, 0.05) is 19.1 Å². The maximum absolute atomic E-state index is 11.7. The first-order valence-electron chi connectivity index (χ1n) is 5.34. The summed E-state index contributed by atoms with van der Waals surface area (Å²) in [7, 11) is 0. The number of carbonyl (C=O) groups is 1. The molecule has 4 heteroatoms. The molecule has 0 aromatic rings. The Labute approximate surface area is 84.6 Å². The summed E-state index contributed by atoms with van der Waals surface area (Å²) >= 11 is 0. The van der Waals surface area contributed by atoms with Crippen LogP contribution in [0, 0.1) is 0 Å². The number of nitrogens with zero attached hydrogens (tertiary/aromatic N) is 1. The van der Waals surface area contributed by atoms with Gasteiger partial charge < -0.3 is 10.1 Å². The number of ether oxygens (including phenoxy) is 1. The Hall–Kier alpha value is -0.770. The topological polar surface area (TPSA) is 41.6 Å². The Morgan fingerprint density at radius 3 is 3.14 bits per heavy atom. The molecule has 2 bridgehead atoms. The molecule has 2 rings (SSSR count). The van der Waals surface area contributed by atoms with Gasteiger partial charge in [0.05, 0.1) is 12.1 Å². The molecule has 14 heavy (non-hydrogen) atoms. The molecule has 0 aliphatic carbocycles. The van der Waals surface area contributed by atoms with E-state index in [0.29, 0.717) is 12.6 Å². The molecule has 1 amide bonds. The number of nitrogens with one attached hydrogen (secondary N) is 1. The summed E-state index contributed by atoms with van der Waals surface area (Å²) in [4.78, 5) is 13.7. The number of hydrogen-bond acceptors (Lipinski definition) is 3. The second-order valence-corrected chi connectivity index (χ2v) is 4.39. The van der Waals surface area contributed by atoms with Crippen LogP contribution in [0.5, 0.6) is 0 Å². The van der Waals surface area contributed by atoms with Crippen molar-refractivity contribution in [2.24, 2.45) is 0 Å². The van der Waals surface area contributed by atoms with E-state index in [-0.39, 0.29) is 11.6 Å². The molecule has 4 nitrogen and oxygen atoms in total. The number of carbonyl (C=O) groups excluding carboxylic acids is 1. The third kappa shape index (κ3) is 1.38. The quantitative estimate of drug-likeness (QED) is 0.682. The van der Waals surface area contributed by atoms with E-state index in [1.54, 1.807) is 0 Å². The average Bonchev–Trinajstić information content (AvgIpc) is 2.33. The van der Waals surface area contributed by atoms with Crippen LogP contribution in [0.1, 0.15) is 26.7 Å². The zero-order chi connectivity index (χ0) is 10.2. The molecule has 0 spiro atoms. The van der Waals surface area contributed by atoms with Gasteiger partial charge in [-0.05, 0) is 26.7 Å². The van der Waals surface area contributed by atoms with Crippen LogP contribution in [0.15, 0.2) is 0 Å². The smallest absolute Gasteiger partial charge is 0.410 e. The van der Waals surface area contributed by atoms with Gasteiger partial charge in [0.25, 0.3) is 0 Å². The molecule has 2 saturated heterocycles. The average molecular weight is 198 g/mol. The highest BCUT2D eigenvalue weighted by Gasteiger charge is 2.48. The fraction of sp³-hybridized carbons (Fsp3) is 0.900. The fourth-order valence-corrected chi connectivity index (χ4v) is 2.61. The maximum atomic E-state index is 11.7. The molecule has 2 aliphatic rings. The normalized spacial score (nSPS) is 35.9. The van der Waals surface area contributed by atoms with Crippen molar-refractivity contribution in [1.82, 2.24) is 10.2 Å². The van der Waals surface area contributed by atoms with Crippen LogP contribution < -0.4 is 5.32 Å². The largest absolute Gasteiger partial charge is 0.450 e. The molecular weight excluding hydrogens is 180 g/mol. The number of amides is 1. The van der Waals surface area contributed by atoms with Gasteiger partial charge in [-0.15, -0.1) is 0 Å². The lowest BCUT2D eigenvalue weighted by atomic mass is 9.99. The van der Waals surface area contributed by atoms with Gasteiger partial charge in [-0.3, -0.25) is 4.90 Å². The summed E-state index contributed by atoms with van der Waals surface area (Å²) in [5.74, 6) is 0. The van der Waals surface area contributed by atoms with E-state index < -0.39 is 0 Å². The third-order valence-corrected chi connectivity index (χ3v) is 3.31. The van der Waals surface area contributed by atoms with Crippen molar-refractivity contribution in [3.8, 4) is 0 Å². The van der Waals surface area contributed by atoms with Crippen LogP contribution in [0.4, 0.5) is 4.79 Å². The number of hydrogen-bond donors (Lipinski definition) is 1. The molecule has 0 radical (unpaired) electrons. The van der Waals surface area contributed by atoms with E-state index in [0.717, 1.165) is 25.9 Å². The minimum absolute atomic E-state index is 0.0187. The number of rotatable bonds is 1. The van der Waals surface area contributed by atoms with E-state index in [1.165, 1.54) is 0 Å². The van der Waals surface area contributed by atoms with Gasteiger partial charge in [0.15, 0.2) is 0 Å². The monoisotopic (exact) mass is 198 g/mol. The van der Waals surface area contributed by atoms with Gasteiger partial charge in [0.1, 0.15) is 0 Å². The van der Waals surface area contributed by atoms with Crippen molar-refractivity contribution in [2.75, 3.05) is 19.7 Å². The first-order valence-corrected chi connectivity index (χ1v) is 5.34. The van der Waals surface area contributed by atoms with E-state index in [2.05, 4.69) is 12.2 Å². The van der Waals surface area contributed by atoms with Crippen molar-refractivity contribution < 1.29 is 9.53 Å². The summed E-state index contributed by atoms with van der Waals surface area (Å²) in [5.41, 5.74) is -0.0187. The van der Waals surface area contributed by atoms with Crippen LogP contribution in [-0.2, 0) is 4.74 Å². The molecule has 2 fully saturated rings. The van der Waals surface area contributed by atoms with Crippen molar-refractivity contribution in [2.45, 2.75) is 38.3 Å². The Morgan fingerprint density at radius 1 is 1.71 bits per heavy atom. The highest BCUT2D eigenvalue weighted by Crippen LogP contribution is 2.36. The molecule has 0 aromatic carbocycles. The maximum Gasteiger partial charge on any atom is 0.410 e. The summed E-state index contributed by atoms with van der Waals surface area (Å²) in [5, 5.41) is 3.36. The molecule has 1 N–H and O–H groups in total. The van der Waals surface area contributed by atoms with Crippen LogP contribution in [0.2, 0.25) is 0 Å². The molecule has 0 aromatic heterocycles. The first kappa shape index (κ1) is 9.77. The van der Waals surface area contributed by atoms with E-state index in [1.807, 2.05) is 11.8 Å². The number of piperazine rings is 1. The first-order chi connectivity index (χ1) is 6.67. The molecule has 2 aliphatic heterocycles. The summed E-state index contributed by atoms with van der Waals surface area (Å²) in [6, 6.07) is 0.341. The highest BCUT2D eigenvalue weighted by molar-refractivity contribution is 5.70. The Balaban J connectivity index is 2.13. The van der Waals surface area contributed by atoms with Crippen LogP contribution in [0.25, 0.3) is 0 Å². The second kappa shape index (κ2) is 3.42. The van der Waals surface area contributed by atoms with Crippen molar-refractivity contribution >= 4 is 6.09 Å². The van der Waals surface area contributed by atoms with Crippen molar-refractivity contribution in [1.29, 1.82) is 0 Å². The summed E-state index contributed by atoms with van der Waals surface area (Å²) < 4.78 is 5.09. The molecule has 80 valence electrons. The van der Waals surface area contributed by atoms with Gasteiger partial charge in [-0.1, -0.05) is 0 Å². The minimum atomic E-state index is -0.140. The molecule has 0 saturated carbocycles. The SMILES string of the molecule is CCOC(=O)N1C2CCC1(C)CNC2. The molecular formula is C10H18N2O2. The minimum Gasteiger partial charge on any atom is -0.450 e. The molecule has 2 atom stereocenters. The van der Waals surface area contributed by atoms with Crippen molar-refractivity contribution in [3.05, 3.63) is 0 Å². The predicted octanol–water partition coefficient (Wildman–Crippen LogP) is 0.969. The van der Waals surface area contributed by atoms with E-state index in [4.69, 9.17) is 4.74 Å². The van der Waals surface area contributed by atoms with Crippen LogP contribution in [-0.4, -0.2) is 42.3 Å². The van der Waals surface area contributed by atoms with Crippen molar-refractivity contribution in [3.63, 3.8) is 0 Å². The van der Waals surface area contributed by atoms with Crippen LogP contribution >= 0.6 is 0 Å². The predicted molar refractivity (Wildman–Crippen MR) is 53.2 cm³/mol. The Kier molecular flexibility index (Phi) is 2.39. The molecule has 2 heterocycles. The highest BCUT2D eigenvalue weighted by atomic mass is 16.6. The standard InChI is InChI=1S/C10H18N2O2/c1-3-14-9(13)12-8-4-5-10(12,2)7-11-6-8/h8,11H,3-7H2,1-2H3. The summed E-state index contributed by atoms with van der Waals surface area (Å²) in [6.07, 6.45) is 2.05. The lowest BCUT2D eigenvalue weighted by Gasteiger charge is -2.41. The van der Waals surface area contributed by atoms with E-state index >= 15 is 0 Å². The van der Waals surface area contributed by atoms with Gasteiger partial charge in [-0.2, -0.15) is 0 Å². The number of fused-ring (bicyclic) bond motifs is 2. The molecule has 2 unspecified atom stereocenters. The zero-order valence-electron chi connectivity index (χ0n) is 8.88. The van der Waals surface area contributed by atoms with E-state index in [9.17, 15) is 4.79 Å². The second-order valence-electron chi connectivity index (χ2n) is 4.39. The lowest BCUT2D eigenvalue weighted by Crippen LogP contribution is -2.60. The van der Waals surface area contributed by atoms with Gasteiger partial charge in [0.2, 0.25) is 0 Å². The van der Waals surface area contributed by atoms with Crippen LogP contribution in [0.3, 0.4) is 0 Å². The van der Waals surface area contributed by atoms with Gasteiger partial charge >= 0.3 is 6.09 Å². The third-order valence-electron chi connectivity index (χ3n) is 3.31. The zero-order valence-corrected chi connectivity index (χ0v) is 8.88. The summed E-state index contributed by atoms with van der Waals surface area (Å²) in [6.45, 7) is 6.25.